The molecular formula is C8H9N3O2S. The Bertz CT molecular complexity index is 462. The van der Waals surface area contributed by atoms with Crippen LogP contribution in [0.1, 0.15) is 12.5 Å². The van der Waals surface area contributed by atoms with Gasteiger partial charge < -0.3 is 0 Å². The SMILES string of the molecule is CCNS(=O)(=O)c1cc(C#N)ccn1. The maximum Gasteiger partial charge on any atom is 0.258 e. The number of pyridine rings is 1. The minimum Gasteiger partial charge on any atom is -0.243 e. The standard InChI is InChI=1S/C8H9N3O2S/c1-2-11-14(12,13)8-5-7(6-9)3-4-10-8/h3-5,11H,2H2,1H3. The molecule has 0 saturated carbocycles. The summed E-state index contributed by atoms with van der Waals surface area (Å²) in [6.07, 6.45) is 1.29. The maximum absolute atomic E-state index is 11.4. The van der Waals surface area contributed by atoms with Gasteiger partial charge in [0.15, 0.2) is 5.03 Å². The van der Waals surface area contributed by atoms with E-state index in [4.69, 9.17) is 5.26 Å². The van der Waals surface area contributed by atoms with Crippen LogP contribution >= 0.6 is 0 Å². The van der Waals surface area contributed by atoms with E-state index in [2.05, 4.69) is 9.71 Å². The Morgan fingerprint density at radius 2 is 2.36 bits per heavy atom. The zero-order valence-corrected chi connectivity index (χ0v) is 8.37. The smallest absolute Gasteiger partial charge is 0.243 e. The molecule has 0 amide bonds. The fourth-order valence-electron chi connectivity index (χ4n) is 0.890. The molecule has 74 valence electrons. The van der Waals surface area contributed by atoms with Gasteiger partial charge in [-0.15, -0.1) is 0 Å². The lowest BCUT2D eigenvalue weighted by atomic mass is 10.3. The number of nitrogens with one attached hydrogen (secondary N) is 1. The van der Waals surface area contributed by atoms with E-state index in [1.807, 2.05) is 6.07 Å². The number of hydrogen-bond donors (Lipinski definition) is 1. The fourth-order valence-corrected chi connectivity index (χ4v) is 1.90. The van der Waals surface area contributed by atoms with Crippen LogP contribution in [0.5, 0.6) is 0 Å². The molecule has 0 radical (unpaired) electrons. The zero-order valence-electron chi connectivity index (χ0n) is 7.56. The van der Waals surface area contributed by atoms with Gasteiger partial charge in [0.05, 0.1) is 11.6 Å². The van der Waals surface area contributed by atoms with E-state index in [0.29, 0.717) is 6.54 Å². The molecule has 14 heavy (non-hydrogen) atoms. The summed E-state index contributed by atoms with van der Waals surface area (Å²) in [4.78, 5) is 3.68. The third-order valence-corrected chi connectivity index (χ3v) is 2.92. The van der Waals surface area contributed by atoms with Gasteiger partial charge in [-0.25, -0.2) is 18.1 Å². The van der Waals surface area contributed by atoms with Crippen molar-refractivity contribution in [3.63, 3.8) is 0 Å². The van der Waals surface area contributed by atoms with E-state index in [9.17, 15) is 8.42 Å². The predicted molar refractivity (Wildman–Crippen MR) is 49.8 cm³/mol. The molecule has 0 aliphatic carbocycles. The summed E-state index contributed by atoms with van der Waals surface area (Å²) in [6, 6.07) is 4.53. The van der Waals surface area contributed by atoms with Crippen LogP contribution in [0.3, 0.4) is 0 Å². The molecule has 0 bridgehead atoms. The predicted octanol–water partition coefficient (Wildman–Crippen LogP) is 0.251. The number of sulfonamides is 1. The van der Waals surface area contributed by atoms with Crippen molar-refractivity contribution in [3.05, 3.63) is 23.9 Å². The number of hydrogen-bond acceptors (Lipinski definition) is 4. The van der Waals surface area contributed by atoms with Crippen LogP contribution in [-0.4, -0.2) is 19.9 Å². The molecule has 1 rings (SSSR count). The average Bonchev–Trinajstić information content (AvgIpc) is 2.18. The second kappa shape index (κ2) is 4.17. The summed E-state index contributed by atoms with van der Waals surface area (Å²) in [5.74, 6) is 0. The Hall–Kier alpha value is -1.45. The van der Waals surface area contributed by atoms with E-state index in [-0.39, 0.29) is 10.6 Å². The molecule has 1 aromatic rings. The first-order valence-corrected chi connectivity index (χ1v) is 5.44. The van der Waals surface area contributed by atoms with Crippen molar-refractivity contribution in [2.75, 3.05) is 6.54 Å². The first kappa shape index (κ1) is 10.6. The largest absolute Gasteiger partial charge is 0.258 e. The van der Waals surface area contributed by atoms with Crippen LogP contribution in [-0.2, 0) is 10.0 Å². The molecule has 0 fully saturated rings. The van der Waals surface area contributed by atoms with Crippen molar-refractivity contribution in [3.8, 4) is 6.07 Å². The van der Waals surface area contributed by atoms with E-state index < -0.39 is 10.0 Å². The van der Waals surface area contributed by atoms with Crippen LogP contribution in [0, 0.1) is 11.3 Å². The van der Waals surface area contributed by atoms with Crippen LogP contribution < -0.4 is 4.72 Å². The normalized spacial score (nSPS) is 10.9. The Morgan fingerprint density at radius 3 is 2.93 bits per heavy atom. The number of aromatic nitrogens is 1. The van der Waals surface area contributed by atoms with Crippen LogP contribution in [0.25, 0.3) is 0 Å². The van der Waals surface area contributed by atoms with Gasteiger partial charge in [-0.1, -0.05) is 6.92 Å². The second-order valence-electron chi connectivity index (χ2n) is 2.50. The van der Waals surface area contributed by atoms with Gasteiger partial charge in [0.1, 0.15) is 0 Å². The molecule has 6 heteroatoms. The van der Waals surface area contributed by atoms with Crippen molar-refractivity contribution in [2.45, 2.75) is 11.9 Å². The molecule has 0 spiro atoms. The molecule has 0 aromatic carbocycles. The number of nitrogens with zero attached hydrogens (tertiary/aromatic N) is 2. The molecule has 0 unspecified atom stereocenters. The van der Waals surface area contributed by atoms with E-state index in [1.54, 1.807) is 6.92 Å². The highest BCUT2D eigenvalue weighted by Gasteiger charge is 2.14. The highest BCUT2D eigenvalue weighted by Crippen LogP contribution is 2.06. The number of rotatable bonds is 3. The molecule has 5 nitrogen and oxygen atoms in total. The van der Waals surface area contributed by atoms with Crippen molar-refractivity contribution in [1.82, 2.24) is 9.71 Å². The van der Waals surface area contributed by atoms with E-state index in [0.717, 1.165) is 0 Å². The Kier molecular flexibility index (Phi) is 3.17. The molecule has 0 atom stereocenters. The molecule has 0 aliphatic rings. The summed E-state index contributed by atoms with van der Waals surface area (Å²) >= 11 is 0. The van der Waals surface area contributed by atoms with Gasteiger partial charge in [0.2, 0.25) is 0 Å². The number of nitriles is 1. The summed E-state index contributed by atoms with van der Waals surface area (Å²) in [6.45, 7) is 1.96. The Balaban J connectivity index is 3.15. The molecule has 0 aliphatic heterocycles. The monoisotopic (exact) mass is 211 g/mol. The molecule has 1 N–H and O–H groups in total. The Labute approximate surface area is 82.4 Å². The third kappa shape index (κ3) is 2.28. The Morgan fingerprint density at radius 1 is 1.64 bits per heavy atom. The summed E-state index contributed by atoms with van der Waals surface area (Å²) < 4.78 is 25.1. The van der Waals surface area contributed by atoms with Gasteiger partial charge in [0, 0.05) is 12.7 Å². The van der Waals surface area contributed by atoms with E-state index >= 15 is 0 Å². The van der Waals surface area contributed by atoms with Crippen molar-refractivity contribution >= 4 is 10.0 Å². The van der Waals surface area contributed by atoms with Crippen LogP contribution in [0.4, 0.5) is 0 Å². The zero-order chi connectivity index (χ0) is 10.6. The van der Waals surface area contributed by atoms with Gasteiger partial charge in [-0.3, -0.25) is 0 Å². The lowest BCUT2D eigenvalue weighted by Crippen LogP contribution is -2.24. The summed E-state index contributed by atoms with van der Waals surface area (Å²) in [5, 5.41) is 8.44. The quantitative estimate of drug-likeness (QED) is 0.776. The first-order valence-electron chi connectivity index (χ1n) is 3.96. The minimum atomic E-state index is -3.56. The topological polar surface area (TPSA) is 82.9 Å². The van der Waals surface area contributed by atoms with Crippen molar-refractivity contribution in [1.29, 1.82) is 5.26 Å². The van der Waals surface area contributed by atoms with Crippen molar-refractivity contribution < 1.29 is 8.42 Å². The van der Waals surface area contributed by atoms with Gasteiger partial charge in [-0.05, 0) is 12.1 Å². The molecule has 1 aromatic heterocycles. The van der Waals surface area contributed by atoms with Gasteiger partial charge in [0.25, 0.3) is 10.0 Å². The lowest BCUT2D eigenvalue weighted by Gasteiger charge is -2.02. The fraction of sp³-hybridized carbons (Fsp3) is 0.250. The van der Waals surface area contributed by atoms with Gasteiger partial charge >= 0.3 is 0 Å². The van der Waals surface area contributed by atoms with Crippen LogP contribution in [0.15, 0.2) is 23.4 Å². The first-order chi connectivity index (χ1) is 6.60. The second-order valence-corrected chi connectivity index (χ2v) is 4.21. The molecule has 1 heterocycles. The highest BCUT2D eigenvalue weighted by atomic mass is 32.2. The highest BCUT2D eigenvalue weighted by molar-refractivity contribution is 7.89. The molecular weight excluding hydrogens is 202 g/mol. The minimum absolute atomic E-state index is 0.126. The third-order valence-electron chi connectivity index (χ3n) is 1.47. The van der Waals surface area contributed by atoms with Crippen molar-refractivity contribution in [2.24, 2.45) is 0 Å². The lowest BCUT2D eigenvalue weighted by molar-refractivity contribution is 0.580. The average molecular weight is 211 g/mol. The van der Waals surface area contributed by atoms with E-state index in [1.165, 1.54) is 18.3 Å². The molecule has 0 saturated heterocycles. The maximum atomic E-state index is 11.4. The summed E-state index contributed by atoms with van der Waals surface area (Å²) in [5.41, 5.74) is 0.275. The van der Waals surface area contributed by atoms with Gasteiger partial charge in [-0.2, -0.15) is 5.26 Å². The summed E-state index contributed by atoms with van der Waals surface area (Å²) in [7, 11) is -3.56. The van der Waals surface area contributed by atoms with Crippen LogP contribution in [0.2, 0.25) is 0 Å².